The highest BCUT2D eigenvalue weighted by Crippen LogP contribution is 2.28. The number of carbonyl (C=O) groups excluding carboxylic acids is 1. The van der Waals surface area contributed by atoms with E-state index in [1.165, 1.54) is 38.8 Å². The molecular formula is C16H29N3O. The molecule has 3 aliphatic rings. The van der Waals surface area contributed by atoms with Gasteiger partial charge in [0.25, 0.3) is 0 Å². The second kappa shape index (κ2) is 6.02. The van der Waals surface area contributed by atoms with E-state index in [1.807, 2.05) is 0 Å². The average Bonchev–Trinajstić information content (AvgIpc) is 3.18. The number of likely N-dealkylation sites (tertiary alicyclic amines) is 2. The highest BCUT2D eigenvalue weighted by Gasteiger charge is 2.42. The van der Waals surface area contributed by atoms with Gasteiger partial charge in [0.1, 0.15) is 0 Å². The molecule has 0 aliphatic carbocycles. The zero-order valence-corrected chi connectivity index (χ0v) is 12.9. The van der Waals surface area contributed by atoms with Gasteiger partial charge in [-0.15, -0.1) is 0 Å². The molecule has 1 atom stereocenters. The van der Waals surface area contributed by atoms with Gasteiger partial charge in [-0.3, -0.25) is 4.79 Å². The van der Waals surface area contributed by atoms with Crippen LogP contribution >= 0.6 is 0 Å². The Kier molecular flexibility index (Phi) is 4.32. The van der Waals surface area contributed by atoms with Gasteiger partial charge in [0.15, 0.2) is 0 Å². The van der Waals surface area contributed by atoms with Crippen molar-refractivity contribution in [3.8, 4) is 0 Å². The topological polar surface area (TPSA) is 35.6 Å². The number of carbonyl (C=O) groups is 1. The minimum Gasteiger partial charge on any atom is -0.341 e. The predicted octanol–water partition coefficient (Wildman–Crippen LogP) is 1.61. The Bertz CT molecular complexity index is 338. The fraction of sp³-hybridized carbons (Fsp3) is 0.938. The Morgan fingerprint density at radius 1 is 1.15 bits per heavy atom. The largest absolute Gasteiger partial charge is 0.341 e. The number of rotatable bonds is 3. The van der Waals surface area contributed by atoms with Crippen molar-refractivity contribution in [3.63, 3.8) is 0 Å². The standard InChI is InChI=1S/C16H29N3O/c1-2-16(8-5-9-17-16)15(20)19-12-6-14(7-13-19)18-10-3-4-11-18/h14,17H,2-13H2,1H3. The van der Waals surface area contributed by atoms with Crippen molar-refractivity contribution in [2.24, 2.45) is 0 Å². The zero-order valence-electron chi connectivity index (χ0n) is 12.9. The fourth-order valence-electron chi connectivity index (χ4n) is 4.29. The van der Waals surface area contributed by atoms with Gasteiger partial charge in [-0.25, -0.2) is 0 Å². The predicted molar refractivity (Wildman–Crippen MR) is 80.7 cm³/mol. The van der Waals surface area contributed by atoms with Crippen molar-refractivity contribution in [3.05, 3.63) is 0 Å². The Morgan fingerprint density at radius 3 is 2.40 bits per heavy atom. The third-order valence-electron chi connectivity index (χ3n) is 5.67. The Balaban J connectivity index is 1.56. The molecule has 1 amide bonds. The summed E-state index contributed by atoms with van der Waals surface area (Å²) in [5.74, 6) is 0.373. The Morgan fingerprint density at radius 2 is 1.85 bits per heavy atom. The number of amides is 1. The number of hydrogen-bond donors (Lipinski definition) is 1. The lowest BCUT2D eigenvalue weighted by molar-refractivity contribution is -0.139. The summed E-state index contributed by atoms with van der Waals surface area (Å²) in [6, 6.07) is 0.732. The van der Waals surface area contributed by atoms with E-state index in [9.17, 15) is 4.79 Å². The van der Waals surface area contributed by atoms with Gasteiger partial charge < -0.3 is 15.1 Å². The summed E-state index contributed by atoms with van der Waals surface area (Å²) in [5.41, 5.74) is -0.236. The van der Waals surface area contributed by atoms with E-state index in [1.54, 1.807) is 0 Å². The maximum atomic E-state index is 12.8. The Hall–Kier alpha value is -0.610. The van der Waals surface area contributed by atoms with Crippen LogP contribution in [0.2, 0.25) is 0 Å². The van der Waals surface area contributed by atoms with E-state index in [0.717, 1.165) is 44.9 Å². The van der Waals surface area contributed by atoms with E-state index >= 15 is 0 Å². The fourth-order valence-corrected chi connectivity index (χ4v) is 4.29. The van der Waals surface area contributed by atoms with Crippen LogP contribution in [-0.2, 0) is 4.79 Å². The summed E-state index contributed by atoms with van der Waals surface area (Å²) in [4.78, 5) is 17.6. The van der Waals surface area contributed by atoms with Crippen molar-refractivity contribution in [2.45, 2.75) is 63.5 Å². The molecule has 3 aliphatic heterocycles. The number of nitrogens with one attached hydrogen (secondary N) is 1. The third-order valence-corrected chi connectivity index (χ3v) is 5.67. The van der Waals surface area contributed by atoms with Gasteiger partial charge in [0, 0.05) is 19.1 Å². The normalized spacial score (nSPS) is 33.0. The smallest absolute Gasteiger partial charge is 0.242 e. The first-order valence-corrected chi connectivity index (χ1v) is 8.54. The van der Waals surface area contributed by atoms with Gasteiger partial charge >= 0.3 is 0 Å². The molecule has 0 saturated carbocycles. The molecule has 3 heterocycles. The van der Waals surface area contributed by atoms with Gasteiger partial charge in [-0.1, -0.05) is 6.92 Å². The second-order valence-corrected chi connectivity index (χ2v) is 6.73. The van der Waals surface area contributed by atoms with Crippen LogP contribution in [0.5, 0.6) is 0 Å². The molecule has 1 unspecified atom stereocenters. The summed E-state index contributed by atoms with van der Waals surface area (Å²) < 4.78 is 0. The van der Waals surface area contributed by atoms with Gasteiger partial charge in [0.05, 0.1) is 5.54 Å². The van der Waals surface area contributed by atoms with Gasteiger partial charge in [-0.2, -0.15) is 0 Å². The minimum atomic E-state index is -0.236. The summed E-state index contributed by atoms with van der Waals surface area (Å²) in [5, 5.41) is 3.48. The van der Waals surface area contributed by atoms with Gasteiger partial charge in [-0.05, 0) is 64.6 Å². The van der Waals surface area contributed by atoms with Crippen molar-refractivity contribution >= 4 is 5.91 Å². The molecule has 3 rings (SSSR count). The third kappa shape index (κ3) is 2.60. The molecule has 3 saturated heterocycles. The summed E-state index contributed by atoms with van der Waals surface area (Å²) in [7, 11) is 0. The lowest BCUT2D eigenvalue weighted by Gasteiger charge is -2.40. The van der Waals surface area contributed by atoms with Crippen LogP contribution < -0.4 is 5.32 Å². The first kappa shape index (κ1) is 14.3. The van der Waals surface area contributed by atoms with E-state index in [2.05, 4.69) is 22.0 Å². The number of nitrogens with zero attached hydrogens (tertiary/aromatic N) is 2. The molecule has 0 aromatic carbocycles. The zero-order chi connectivity index (χ0) is 14.0. The van der Waals surface area contributed by atoms with E-state index < -0.39 is 0 Å². The van der Waals surface area contributed by atoms with Crippen LogP contribution in [0.4, 0.5) is 0 Å². The molecule has 4 heteroatoms. The molecule has 0 aromatic rings. The molecule has 0 spiro atoms. The molecular weight excluding hydrogens is 250 g/mol. The van der Waals surface area contributed by atoms with E-state index in [0.29, 0.717) is 5.91 Å². The van der Waals surface area contributed by atoms with E-state index in [4.69, 9.17) is 0 Å². The van der Waals surface area contributed by atoms with Crippen LogP contribution in [0.15, 0.2) is 0 Å². The molecule has 0 bridgehead atoms. The summed E-state index contributed by atoms with van der Waals surface area (Å²) in [6.45, 7) is 7.63. The molecule has 20 heavy (non-hydrogen) atoms. The van der Waals surface area contributed by atoms with Crippen LogP contribution in [0.3, 0.4) is 0 Å². The first-order chi connectivity index (χ1) is 9.75. The van der Waals surface area contributed by atoms with Crippen molar-refractivity contribution < 1.29 is 4.79 Å². The quantitative estimate of drug-likeness (QED) is 0.852. The molecule has 0 aromatic heterocycles. The van der Waals surface area contributed by atoms with Crippen LogP contribution in [0.25, 0.3) is 0 Å². The monoisotopic (exact) mass is 279 g/mol. The molecule has 1 N–H and O–H groups in total. The molecule has 0 radical (unpaired) electrons. The van der Waals surface area contributed by atoms with Gasteiger partial charge in [0.2, 0.25) is 5.91 Å². The molecule has 114 valence electrons. The average molecular weight is 279 g/mol. The van der Waals surface area contributed by atoms with E-state index in [-0.39, 0.29) is 5.54 Å². The van der Waals surface area contributed by atoms with Crippen molar-refractivity contribution in [1.29, 1.82) is 0 Å². The minimum absolute atomic E-state index is 0.236. The highest BCUT2D eigenvalue weighted by atomic mass is 16.2. The molecule has 3 fully saturated rings. The number of piperidine rings is 1. The number of hydrogen-bond acceptors (Lipinski definition) is 3. The maximum absolute atomic E-state index is 12.8. The summed E-state index contributed by atoms with van der Waals surface area (Å²) in [6.07, 6.45) is 8.16. The highest BCUT2D eigenvalue weighted by molar-refractivity contribution is 5.86. The van der Waals surface area contributed by atoms with Crippen LogP contribution in [0.1, 0.15) is 51.9 Å². The van der Waals surface area contributed by atoms with Crippen LogP contribution in [-0.4, -0.2) is 60.0 Å². The van der Waals surface area contributed by atoms with Crippen LogP contribution in [0, 0.1) is 0 Å². The van der Waals surface area contributed by atoms with Crippen molar-refractivity contribution in [2.75, 3.05) is 32.7 Å². The molecule has 4 nitrogen and oxygen atoms in total. The lowest BCUT2D eigenvalue weighted by atomic mass is 9.91. The Labute approximate surface area is 122 Å². The first-order valence-electron chi connectivity index (χ1n) is 8.54. The maximum Gasteiger partial charge on any atom is 0.242 e. The van der Waals surface area contributed by atoms with Crippen molar-refractivity contribution in [1.82, 2.24) is 15.1 Å². The lowest BCUT2D eigenvalue weighted by Crippen LogP contribution is -2.57. The summed E-state index contributed by atoms with van der Waals surface area (Å²) >= 11 is 0. The SMILES string of the molecule is CCC1(C(=O)N2CCC(N3CCCC3)CC2)CCCN1. The second-order valence-electron chi connectivity index (χ2n) is 6.73.